The predicted octanol–water partition coefficient (Wildman–Crippen LogP) is 2.34. The van der Waals surface area contributed by atoms with Crippen LogP contribution in [0.2, 0.25) is 0 Å². The summed E-state index contributed by atoms with van der Waals surface area (Å²) < 4.78 is 0. The first kappa shape index (κ1) is 14.8. The molecule has 2 aliphatic heterocycles. The lowest BCUT2D eigenvalue weighted by atomic mass is 9.91. The van der Waals surface area contributed by atoms with Gasteiger partial charge in [0.05, 0.1) is 6.10 Å². The number of nitrogens with zero attached hydrogens (tertiary/aromatic N) is 2. The smallest absolute Gasteiger partial charge is 0.0793 e. The Morgan fingerprint density at radius 3 is 2.50 bits per heavy atom. The molecular formula is C17H32N2O. The van der Waals surface area contributed by atoms with E-state index in [9.17, 15) is 5.11 Å². The van der Waals surface area contributed by atoms with Crippen LogP contribution in [0, 0.1) is 11.8 Å². The number of rotatable bonds is 4. The Bertz CT molecular complexity index is 301. The zero-order chi connectivity index (χ0) is 13.9. The van der Waals surface area contributed by atoms with Gasteiger partial charge < -0.3 is 10.0 Å². The molecule has 3 atom stereocenters. The molecule has 0 aromatic rings. The molecule has 3 unspecified atom stereocenters. The molecule has 3 fully saturated rings. The standard InChI is InChI=1S/C17H32N2O/c1-14-7-10-18(11-8-14)12-16(20)13-19-9-3-5-15-4-2-6-17(15)19/h14-17,20H,2-13H2,1H3. The van der Waals surface area contributed by atoms with Gasteiger partial charge in [-0.25, -0.2) is 0 Å². The second-order valence-electron chi connectivity index (χ2n) is 7.53. The Kier molecular flexibility index (Phi) is 5.00. The van der Waals surface area contributed by atoms with Gasteiger partial charge in [0, 0.05) is 19.1 Å². The van der Waals surface area contributed by atoms with Crippen LogP contribution >= 0.6 is 0 Å². The zero-order valence-electron chi connectivity index (χ0n) is 13.1. The average molecular weight is 280 g/mol. The van der Waals surface area contributed by atoms with E-state index in [0.717, 1.165) is 31.0 Å². The van der Waals surface area contributed by atoms with Crippen molar-refractivity contribution in [2.24, 2.45) is 11.8 Å². The summed E-state index contributed by atoms with van der Waals surface area (Å²) in [6.45, 7) is 7.74. The van der Waals surface area contributed by atoms with Gasteiger partial charge in [-0.1, -0.05) is 13.3 Å². The number of hydrogen-bond donors (Lipinski definition) is 1. The third-order valence-electron chi connectivity index (χ3n) is 5.90. The summed E-state index contributed by atoms with van der Waals surface area (Å²) in [6.07, 6.45) is 9.45. The zero-order valence-corrected chi connectivity index (χ0v) is 13.1. The maximum absolute atomic E-state index is 10.5. The molecule has 1 N–H and O–H groups in total. The molecule has 3 heteroatoms. The average Bonchev–Trinajstić information content (AvgIpc) is 2.91. The first-order valence-corrected chi connectivity index (χ1v) is 8.87. The maximum atomic E-state index is 10.5. The summed E-state index contributed by atoms with van der Waals surface area (Å²) in [5.74, 6) is 1.82. The van der Waals surface area contributed by atoms with Crippen LogP contribution < -0.4 is 0 Å². The minimum Gasteiger partial charge on any atom is -0.390 e. The highest BCUT2D eigenvalue weighted by Gasteiger charge is 2.35. The summed E-state index contributed by atoms with van der Waals surface area (Å²) in [5.41, 5.74) is 0. The third-order valence-corrected chi connectivity index (χ3v) is 5.90. The van der Waals surface area contributed by atoms with E-state index in [0.29, 0.717) is 0 Å². The molecule has 0 amide bonds. The number of hydrogen-bond acceptors (Lipinski definition) is 3. The van der Waals surface area contributed by atoms with E-state index >= 15 is 0 Å². The molecule has 3 rings (SSSR count). The van der Waals surface area contributed by atoms with Crippen molar-refractivity contribution in [3.8, 4) is 0 Å². The van der Waals surface area contributed by atoms with Gasteiger partial charge in [-0.05, 0) is 70.0 Å². The van der Waals surface area contributed by atoms with Crippen molar-refractivity contribution in [2.75, 3.05) is 32.7 Å². The summed E-state index contributed by atoms with van der Waals surface area (Å²) in [6, 6.07) is 0.791. The van der Waals surface area contributed by atoms with Crippen molar-refractivity contribution in [3.05, 3.63) is 0 Å². The second-order valence-corrected chi connectivity index (χ2v) is 7.53. The second kappa shape index (κ2) is 6.76. The summed E-state index contributed by atoms with van der Waals surface area (Å²) >= 11 is 0. The van der Waals surface area contributed by atoms with Crippen molar-refractivity contribution in [1.82, 2.24) is 9.80 Å². The number of fused-ring (bicyclic) bond motifs is 1. The van der Waals surface area contributed by atoms with Crippen molar-refractivity contribution in [1.29, 1.82) is 0 Å². The largest absolute Gasteiger partial charge is 0.390 e. The SMILES string of the molecule is CC1CCN(CC(O)CN2CCCC3CCCC32)CC1. The lowest BCUT2D eigenvalue weighted by molar-refractivity contribution is 0.0269. The van der Waals surface area contributed by atoms with E-state index < -0.39 is 0 Å². The summed E-state index contributed by atoms with van der Waals surface area (Å²) in [4.78, 5) is 5.08. The van der Waals surface area contributed by atoms with E-state index in [1.807, 2.05) is 0 Å². The van der Waals surface area contributed by atoms with Crippen LogP contribution in [-0.2, 0) is 0 Å². The van der Waals surface area contributed by atoms with Crippen LogP contribution in [0.25, 0.3) is 0 Å². The van der Waals surface area contributed by atoms with E-state index in [4.69, 9.17) is 0 Å². The van der Waals surface area contributed by atoms with Crippen LogP contribution in [0.4, 0.5) is 0 Å². The first-order valence-electron chi connectivity index (χ1n) is 8.87. The third kappa shape index (κ3) is 3.55. The van der Waals surface area contributed by atoms with Crippen LogP contribution in [0.3, 0.4) is 0 Å². The Morgan fingerprint density at radius 2 is 1.70 bits per heavy atom. The van der Waals surface area contributed by atoms with Gasteiger partial charge in [-0.2, -0.15) is 0 Å². The number of β-amino-alcohol motifs (C(OH)–C–C–N with tert-alkyl or cyclic N) is 1. The van der Waals surface area contributed by atoms with Gasteiger partial charge in [0.25, 0.3) is 0 Å². The summed E-state index contributed by atoms with van der Waals surface area (Å²) in [5, 5.41) is 10.5. The van der Waals surface area contributed by atoms with Gasteiger partial charge >= 0.3 is 0 Å². The molecule has 1 aliphatic carbocycles. The molecule has 3 aliphatic rings. The van der Waals surface area contributed by atoms with E-state index in [-0.39, 0.29) is 6.10 Å². The Balaban J connectivity index is 1.45. The molecule has 2 saturated heterocycles. The van der Waals surface area contributed by atoms with Gasteiger partial charge in [0.15, 0.2) is 0 Å². The van der Waals surface area contributed by atoms with Crippen molar-refractivity contribution >= 4 is 0 Å². The molecule has 0 spiro atoms. The van der Waals surface area contributed by atoms with Crippen molar-refractivity contribution in [3.63, 3.8) is 0 Å². The highest BCUT2D eigenvalue weighted by atomic mass is 16.3. The fourth-order valence-corrected chi connectivity index (χ4v) is 4.65. The number of aliphatic hydroxyl groups is 1. The fourth-order valence-electron chi connectivity index (χ4n) is 4.65. The van der Waals surface area contributed by atoms with Gasteiger partial charge in [0.1, 0.15) is 0 Å². The molecule has 20 heavy (non-hydrogen) atoms. The van der Waals surface area contributed by atoms with Gasteiger partial charge in [-0.15, -0.1) is 0 Å². The molecule has 0 aromatic carbocycles. The lowest BCUT2D eigenvalue weighted by Crippen LogP contribution is -2.49. The van der Waals surface area contributed by atoms with Crippen molar-refractivity contribution in [2.45, 2.75) is 64.0 Å². The Hall–Kier alpha value is -0.120. The highest BCUT2D eigenvalue weighted by Crippen LogP contribution is 2.36. The van der Waals surface area contributed by atoms with Crippen molar-refractivity contribution < 1.29 is 5.11 Å². The molecular weight excluding hydrogens is 248 g/mol. The molecule has 2 heterocycles. The van der Waals surface area contributed by atoms with Crippen LogP contribution in [0.15, 0.2) is 0 Å². The minimum atomic E-state index is -0.150. The Morgan fingerprint density at radius 1 is 0.950 bits per heavy atom. The quantitative estimate of drug-likeness (QED) is 0.856. The molecule has 1 saturated carbocycles. The van der Waals surface area contributed by atoms with Gasteiger partial charge in [0.2, 0.25) is 0 Å². The Labute approximate surface area is 124 Å². The fraction of sp³-hybridized carbons (Fsp3) is 1.00. The lowest BCUT2D eigenvalue weighted by Gasteiger charge is -2.40. The minimum absolute atomic E-state index is 0.150. The van der Waals surface area contributed by atoms with Crippen LogP contribution in [0.1, 0.15) is 51.9 Å². The van der Waals surface area contributed by atoms with E-state index in [1.54, 1.807) is 0 Å². The number of aliphatic hydroxyl groups excluding tert-OH is 1. The normalized spacial score (nSPS) is 35.1. The first-order chi connectivity index (χ1) is 9.72. The van der Waals surface area contributed by atoms with E-state index in [1.165, 1.54) is 64.6 Å². The predicted molar refractivity (Wildman–Crippen MR) is 82.8 cm³/mol. The van der Waals surface area contributed by atoms with E-state index in [2.05, 4.69) is 16.7 Å². The highest BCUT2D eigenvalue weighted by molar-refractivity contribution is 4.90. The van der Waals surface area contributed by atoms with Crippen LogP contribution in [-0.4, -0.2) is 59.8 Å². The molecule has 0 bridgehead atoms. The molecule has 3 nitrogen and oxygen atoms in total. The monoisotopic (exact) mass is 280 g/mol. The maximum Gasteiger partial charge on any atom is 0.0793 e. The molecule has 116 valence electrons. The number of likely N-dealkylation sites (tertiary alicyclic amines) is 2. The summed E-state index contributed by atoms with van der Waals surface area (Å²) in [7, 11) is 0. The number of piperidine rings is 2. The molecule has 0 radical (unpaired) electrons. The molecule has 0 aromatic heterocycles. The topological polar surface area (TPSA) is 26.7 Å². The van der Waals surface area contributed by atoms with Crippen LogP contribution in [0.5, 0.6) is 0 Å². The van der Waals surface area contributed by atoms with Gasteiger partial charge in [-0.3, -0.25) is 4.90 Å².